The average Bonchev–Trinajstić information content (AvgIpc) is 2.32. The lowest BCUT2D eigenvalue weighted by Gasteiger charge is -2.10. The molecule has 2 rings (SSSR count). The van der Waals surface area contributed by atoms with Gasteiger partial charge in [-0.05, 0) is 47.7 Å². The highest BCUT2D eigenvalue weighted by molar-refractivity contribution is 14.1. The molecular weight excluding hydrogens is 344 g/mol. The second-order valence-electron chi connectivity index (χ2n) is 3.98. The number of pyridine rings is 1. The van der Waals surface area contributed by atoms with Crippen LogP contribution in [0.4, 0.5) is 15.8 Å². The number of benzene rings is 1. The molecule has 0 unspecified atom stereocenters. The Bertz CT molecular complexity index is 572. The van der Waals surface area contributed by atoms with E-state index in [4.69, 9.17) is 5.73 Å². The van der Waals surface area contributed by atoms with Crippen LogP contribution in [0.3, 0.4) is 0 Å². The van der Waals surface area contributed by atoms with Crippen LogP contribution in [0, 0.1) is 16.3 Å². The van der Waals surface area contributed by atoms with Crippen LogP contribution in [0.5, 0.6) is 0 Å². The summed E-state index contributed by atoms with van der Waals surface area (Å²) < 4.78 is 13.9. The quantitative estimate of drug-likeness (QED) is 0.655. The van der Waals surface area contributed by atoms with E-state index in [1.807, 2.05) is 47.7 Å². The normalized spacial score (nSPS) is 10.4. The van der Waals surface area contributed by atoms with Crippen LogP contribution in [0.25, 0.3) is 0 Å². The number of hydrogen-bond acceptors (Lipinski definition) is 3. The second kappa shape index (κ2) is 5.51. The Morgan fingerprint density at radius 1 is 1.39 bits per heavy atom. The number of halogens is 2. The van der Waals surface area contributed by atoms with Crippen LogP contribution >= 0.6 is 22.6 Å². The Hall–Kier alpha value is -1.37. The van der Waals surface area contributed by atoms with E-state index in [0.29, 0.717) is 21.5 Å². The predicted molar refractivity (Wildman–Crippen MR) is 79.8 cm³/mol. The van der Waals surface area contributed by atoms with E-state index in [-0.39, 0.29) is 5.82 Å². The largest absolute Gasteiger partial charge is 0.397 e. The molecule has 0 amide bonds. The molecule has 3 nitrogen and oxygen atoms in total. The lowest BCUT2D eigenvalue weighted by atomic mass is 10.2. The second-order valence-corrected chi connectivity index (χ2v) is 5.14. The number of nitrogen functional groups attached to an aromatic ring is 1. The molecule has 0 radical (unpaired) electrons. The van der Waals surface area contributed by atoms with Crippen molar-refractivity contribution in [3.63, 3.8) is 0 Å². The third-order valence-corrected chi connectivity index (χ3v) is 3.33. The summed E-state index contributed by atoms with van der Waals surface area (Å²) in [5, 5.41) is 3.09. The van der Waals surface area contributed by atoms with Crippen LogP contribution in [-0.4, -0.2) is 4.98 Å². The molecule has 0 saturated heterocycles. The topological polar surface area (TPSA) is 50.9 Å². The summed E-state index contributed by atoms with van der Waals surface area (Å²) in [7, 11) is 0. The van der Waals surface area contributed by atoms with Gasteiger partial charge >= 0.3 is 0 Å². The summed E-state index contributed by atoms with van der Waals surface area (Å²) in [5.74, 6) is -0.274. The Morgan fingerprint density at radius 2 is 2.17 bits per heavy atom. The fourth-order valence-electron chi connectivity index (χ4n) is 1.60. The first-order valence-electron chi connectivity index (χ1n) is 5.47. The smallest absolute Gasteiger partial charge is 0.138 e. The molecule has 0 atom stereocenters. The van der Waals surface area contributed by atoms with Gasteiger partial charge in [0, 0.05) is 11.8 Å². The minimum atomic E-state index is -0.274. The lowest BCUT2D eigenvalue weighted by Crippen LogP contribution is -2.05. The fourth-order valence-corrected chi connectivity index (χ4v) is 2.09. The van der Waals surface area contributed by atoms with Gasteiger partial charge in [0.15, 0.2) is 0 Å². The van der Waals surface area contributed by atoms with Crippen molar-refractivity contribution in [2.75, 3.05) is 11.1 Å². The Morgan fingerprint density at radius 3 is 2.89 bits per heavy atom. The van der Waals surface area contributed by atoms with Crippen LogP contribution in [0.15, 0.2) is 30.3 Å². The average molecular weight is 357 g/mol. The predicted octanol–water partition coefficient (Wildman–Crippen LogP) is 3.33. The van der Waals surface area contributed by atoms with Gasteiger partial charge in [0.2, 0.25) is 0 Å². The molecule has 5 heteroatoms. The number of rotatable bonds is 3. The van der Waals surface area contributed by atoms with E-state index in [1.54, 1.807) is 6.07 Å². The fraction of sp³-hybridized carbons (Fsp3) is 0.154. The minimum Gasteiger partial charge on any atom is -0.397 e. The van der Waals surface area contributed by atoms with E-state index in [9.17, 15) is 4.39 Å². The number of hydrogen-bond donors (Lipinski definition) is 2. The molecule has 0 aliphatic carbocycles. The SMILES string of the molecule is Cc1cccc(CNc2cc(F)c(I)cc2N)n1. The Labute approximate surface area is 119 Å². The molecule has 1 heterocycles. The van der Waals surface area contributed by atoms with Gasteiger partial charge in [0.1, 0.15) is 5.82 Å². The van der Waals surface area contributed by atoms with Crippen LogP contribution in [0.2, 0.25) is 0 Å². The molecule has 0 aliphatic heterocycles. The Kier molecular flexibility index (Phi) is 4.00. The van der Waals surface area contributed by atoms with Crippen LogP contribution < -0.4 is 11.1 Å². The van der Waals surface area contributed by atoms with Crippen molar-refractivity contribution in [3.05, 3.63) is 51.1 Å². The van der Waals surface area contributed by atoms with Crippen molar-refractivity contribution in [1.29, 1.82) is 0 Å². The van der Waals surface area contributed by atoms with E-state index in [0.717, 1.165) is 11.4 Å². The van der Waals surface area contributed by atoms with Gasteiger partial charge in [-0.25, -0.2) is 4.39 Å². The van der Waals surface area contributed by atoms with Gasteiger partial charge in [-0.15, -0.1) is 0 Å². The molecule has 18 heavy (non-hydrogen) atoms. The number of aromatic nitrogens is 1. The standard InChI is InChI=1S/C13H13FIN3/c1-8-3-2-4-9(18-8)7-17-13-5-10(14)11(15)6-12(13)16/h2-6,17H,7,16H2,1H3. The summed E-state index contributed by atoms with van der Waals surface area (Å²) in [6.07, 6.45) is 0. The van der Waals surface area contributed by atoms with Gasteiger partial charge in [0.05, 0.1) is 27.2 Å². The van der Waals surface area contributed by atoms with E-state index < -0.39 is 0 Å². The Balaban J connectivity index is 2.13. The monoisotopic (exact) mass is 357 g/mol. The van der Waals surface area contributed by atoms with Crippen molar-refractivity contribution in [2.24, 2.45) is 0 Å². The van der Waals surface area contributed by atoms with Gasteiger partial charge < -0.3 is 11.1 Å². The molecule has 1 aromatic carbocycles. The number of nitrogens with two attached hydrogens (primary N) is 1. The van der Waals surface area contributed by atoms with Crippen molar-refractivity contribution in [3.8, 4) is 0 Å². The zero-order valence-electron chi connectivity index (χ0n) is 9.87. The van der Waals surface area contributed by atoms with E-state index in [1.165, 1.54) is 6.07 Å². The van der Waals surface area contributed by atoms with Gasteiger partial charge in [-0.1, -0.05) is 6.07 Å². The van der Waals surface area contributed by atoms with E-state index in [2.05, 4.69) is 10.3 Å². The summed E-state index contributed by atoms with van der Waals surface area (Å²) in [6, 6.07) is 8.81. The number of anilines is 2. The summed E-state index contributed by atoms with van der Waals surface area (Å²) in [6.45, 7) is 2.45. The third kappa shape index (κ3) is 3.10. The van der Waals surface area contributed by atoms with Crippen LogP contribution in [-0.2, 0) is 6.54 Å². The summed E-state index contributed by atoms with van der Waals surface area (Å²) >= 11 is 1.92. The zero-order valence-corrected chi connectivity index (χ0v) is 12.0. The van der Waals surface area contributed by atoms with Gasteiger partial charge in [-0.2, -0.15) is 0 Å². The third-order valence-electron chi connectivity index (χ3n) is 2.50. The molecular formula is C13H13FIN3. The van der Waals surface area contributed by atoms with Crippen molar-refractivity contribution < 1.29 is 4.39 Å². The van der Waals surface area contributed by atoms with Crippen molar-refractivity contribution >= 4 is 34.0 Å². The van der Waals surface area contributed by atoms with Crippen molar-refractivity contribution in [2.45, 2.75) is 13.5 Å². The molecule has 0 bridgehead atoms. The van der Waals surface area contributed by atoms with Crippen LogP contribution in [0.1, 0.15) is 11.4 Å². The number of nitrogens with zero attached hydrogens (tertiary/aromatic N) is 1. The maximum absolute atomic E-state index is 13.4. The molecule has 0 saturated carbocycles. The maximum atomic E-state index is 13.4. The first-order valence-corrected chi connectivity index (χ1v) is 6.55. The first-order chi connectivity index (χ1) is 8.56. The molecule has 0 fully saturated rings. The molecule has 94 valence electrons. The zero-order chi connectivity index (χ0) is 13.1. The highest BCUT2D eigenvalue weighted by Gasteiger charge is 2.06. The minimum absolute atomic E-state index is 0.274. The molecule has 3 N–H and O–H groups in total. The number of aryl methyl sites for hydroxylation is 1. The summed E-state index contributed by atoms with van der Waals surface area (Å²) in [4.78, 5) is 4.36. The maximum Gasteiger partial charge on any atom is 0.138 e. The van der Waals surface area contributed by atoms with Gasteiger partial charge in [-0.3, -0.25) is 4.98 Å². The lowest BCUT2D eigenvalue weighted by molar-refractivity contribution is 0.621. The van der Waals surface area contributed by atoms with Gasteiger partial charge in [0.25, 0.3) is 0 Å². The highest BCUT2D eigenvalue weighted by Crippen LogP contribution is 2.24. The molecule has 0 spiro atoms. The summed E-state index contributed by atoms with van der Waals surface area (Å²) in [5.41, 5.74) is 8.81. The van der Waals surface area contributed by atoms with Crippen molar-refractivity contribution in [1.82, 2.24) is 4.98 Å². The molecule has 1 aromatic heterocycles. The molecule has 2 aromatic rings. The number of nitrogens with one attached hydrogen (secondary N) is 1. The molecule has 0 aliphatic rings. The van der Waals surface area contributed by atoms with E-state index >= 15 is 0 Å². The first kappa shape index (κ1) is 13.1. The highest BCUT2D eigenvalue weighted by atomic mass is 127.